The van der Waals surface area contributed by atoms with E-state index in [-0.39, 0.29) is 11.5 Å². The molecule has 0 amide bonds. The average molecular weight is 258 g/mol. The zero-order valence-corrected chi connectivity index (χ0v) is 10.4. The predicted molar refractivity (Wildman–Crippen MR) is 67.0 cm³/mol. The fraction of sp³-hybridized carbons (Fsp3) is 0.455. The molecule has 0 spiro atoms. The Morgan fingerprint density at radius 3 is 2.65 bits per heavy atom. The van der Waals surface area contributed by atoms with Gasteiger partial charge in [0, 0.05) is 18.8 Å². The third-order valence-electron chi connectivity index (χ3n) is 2.30. The van der Waals surface area contributed by atoms with Crippen LogP contribution in [-0.2, 0) is 10.0 Å². The SMILES string of the molecule is Nc1cccc(S(=O)(=O)NCCCCCO)c1. The lowest BCUT2D eigenvalue weighted by Gasteiger charge is -2.06. The molecule has 0 fully saturated rings. The summed E-state index contributed by atoms with van der Waals surface area (Å²) in [5.41, 5.74) is 5.95. The molecule has 0 bridgehead atoms. The second-order valence-corrected chi connectivity index (χ2v) is 5.52. The van der Waals surface area contributed by atoms with E-state index in [0.717, 1.165) is 6.42 Å². The highest BCUT2D eigenvalue weighted by Gasteiger charge is 2.12. The van der Waals surface area contributed by atoms with Gasteiger partial charge in [-0.15, -0.1) is 0 Å². The highest BCUT2D eigenvalue weighted by atomic mass is 32.2. The van der Waals surface area contributed by atoms with Crippen LogP contribution in [0.25, 0.3) is 0 Å². The number of aliphatic hydroxyl groups is 1. The van der Waals surface area contributed by atoms with Crippen LogP contribution in [0.2, 0.25) is 0 Å². The van der Waals surface area contributed by atoms with Gasteiger partial charge in [0.25, 0.3) is 0 Å². The maximum atomic E-state index is 11.8. The third-order valence-corrected chi connectivity index (χ3v) is 3.75. The Kier molecular flexibility index (Phi) is 5.40. The first-order chi connectivity index (χ1) is 8.06. The monoisotopic (exact) mass is 258 g/mol. The van der Waals surface area contributed by atoms with Crippen molar-refractivity contribution in [2.75, 3.05) is 18.9 Å². The fourth-order valence-corrected chi connectivity index (χ4v) is 2.51. The van der Waals surface area contributed by atoms with Gasteiger partial charge in [-0.05, 0) is 37.5 Å². The van der Waals surface area contributed by atoms with Crippen LogP contribution in [0.3, 0.4) is 0 Å². The quantitative estimate of drug-likeness (QED) is 0.496. The number of hydrogen-bond acceptors (Lipinski definition) is 4. The molecule has 0 saturated heterocycles. The first-order valence-electron chi connectivity index (χ1n) is 5.52. The summed E-state index contributed by atoms with van der Waals surface area (Å²) in [6.45, 7) is 0.513. The maximum absolute atomic E-state index is 11.8. The van der Waals surface area contributed by atoms with Crippen LogP contribution in [0.5, 0.6) is 0 Å². The van der Waals surface area contributed by atoms with E-state index in [9.17, 15) is 8.42 Å². The van der Waals surface area contributed by atoms with E-state index < -0.39 is 10.0 Å². The van der Waals surface area contributed by atoms with E-state index in [1.165, 1.54) is 12.1 Å². The molecular weight excluding hydrogens is 240 g/mol. The Balaban J connectivity index is 2.51. The minimum absolute atomic E-state index is 0.141. The van der Waals surface area contributed by atoms with E-state index >= 15 is 0 Å². The van der Waals surface area contributed by atoms with Crippen LogP contribution in [-0.4, -0.2) is 26.7 Å². The molecule has 0 aliphatic carbocycles. The Hall–Kier alpha value is -1.11. The number of benzene rings is 1. The number of nitrogens with two attached hydrogens (primary N) is 1. The minimum atomic E-state index is -3.46. The van der Waals surface area contributed by atoms with Crippen molar-refractivity contribution in [2.45, 2.75) is 24.2 Å². The molecule has 0 aliphatic heterocycles. The molecule has 0 aliphatic rings. The molecule has 0 saturated carbocycles. The predicted octanol–water partition coefficient (Wildman–Crippen LogP) is 0.710. The van der Waals surface area contributed by atoms with Crippen molar-refractivity contribution in [3.8, 4) is 0 Å². The summed E-state index contributed by atoms with van der Waals surface area (Å²) in [5, 5.41) is 8.58. The molecule has 0 heterocycles. The molecule has 5 nitrogen and oxygen atoms in total. The number of rotatable bonds is 7. The second-order valence-electron chi connectivity index (χ2n) is 3.75. The van der Waals surface area contributed by atoms with E-state index in [1.54, 1.807) is 12.1 Å². The van der Waals surface area contributed by atoms with Gasteiger partial charge in [0.1, 0.15) is 0 Å². The van der Waals surface area contributed by atoms with Crippen LogP contribution >= 0.6 is 0 Å². The minimum Gasteiger partial charge on any atom is -0.399 e. The smallest absolute Gasteiger partial charge is 0.240 e. The summed E-state index contributed by atoms with van der Waals surface area (Å²) >= 11 is 0. The zero-order chi connectivity index (χ0) is 12.7. The van der Waals surface area contributed by atoms with E-state index in [2.05, 4.69) is 4.72 Å². The summed E-state index contributed by atoms with van der Waals surface area (Å²) in [6, 6.07) is 6.18. The Morgan fingerprint density at radius 2 is 2.00 bits per heavy atom. The zero-order valence-electron chi connectivity index (χ0n) is 9.59. The van der Waals surface area contributed by atoms with Gasteiger partial charge < -0.3 is 10.8 Å². The van der Waals surface area contributed by atoms with Crippen molar-refractivity contribution in [2.24, 2.45) is 0 Å². The molecule has 0 aromatic heterocycles. The lowest BCUT2D eigenvalue weighted by atomic mass is 10.2. The normalized spacial score (nSPS) is 11.6. The van der Waals surface area contributed by atoms with Crippen LogP contribution < -0.4 is 10.5 Å². The lowest BCUT2D eigenvalue weighted by molar-refractivity contribution is 0.283. The number of hydrogen-bond donors (Lipinski definition) is 3. The molecule has 4 N–H and O–H groups in total. The van der Waals surface area contributed by atoms with E-state index in [0.29, 0.717) is 25.1 Å². The van der Waals surface area contributed by atoms with Crippen molar-refractivity contribution >= 4 is 15.7 Å². The number of sulfonamides is 1. The summed E-state index contributed by atoms with van der Waals surface area (Å²) in [4.78, 5) is 0.180. The Bertz CT molecular complexity index is 446. The molecule has 96 valence electrons. The van der Waals surface area contributed by atoms with E-state index in [4.69, 9.17) is 10.8 Å². The lowest BCUT2D eigenvalue weighted by Crippen LogP contribution is -2.24. The van der Waals surface area contributed by atoms with Gasteiger partial charge >= 0.3 is 0 Å². The molecule has 0 atom stereocenters. The van der Waals surface area contributed by atoms with Crippen molar-refractivity contribution < 1.29 is 13.5 Å². The third kappa shape index (κ3) is 4.72. The molecule has 6 heteroatoms. The average Bonchev–Trinajstić information content (AvgIpc) is 2.29. The summed E-state index contributed by atoms with van der Waals surface area (Å²) in [5.74, 6) is 0. The first kappa shape index (κ1) is 14.0. The number of unbranched alkanes of at least 4 members (excludes halogenated alkanes) is 2. The van der Waals surface area contributed by atoms with Crippen LogP contribution in [0.4, 0.5) is 5.69 Å². The van der Waals surface area contributed by atoms with E-state index in [1.807, 2.05) is 0 Å². The molecule has 1 rings (SSSR count). The number of anilines is 1. The van der Waals surface area contributed by atoms with Gasteiger partial charge in [-0.2, -0.15) is 0 Å². The van der Waals surface area contributed by atoms with Gasteiger partial charge in [-0.25, -0.2) is 13.1 Å². The van der Waals surface area contributed by atoms with Gasteiger partial charge in [0.2, 0.25) is 10.0 Å². The number of nitrogens with one attached hydrogen (secondary N) is 1. The van der Waals surface area contributed by atoms with Crippen LogP contribution in [0.15, 0.2) is 29.2 Å². The van der Waals surface area contributed by atoms with Gasteiger partial charge in [-0.3, -0.25) is 0 Å². The maximum Gasteiger partial charge on any atom is 0.240 e. The summed E-state index contributed by atoms with van der Waals surface area (Å²) < 4.78 is 26.1. The molecule has 17 heavy (non-hydrogen) atoms. The van der Waals surface area contributed by atoms with Crippen LogP contribution in [0, 0.1) is 0 Å². The van der Waals surface area contributed by atoms with Gasteiger partial charge in [-0.1, -0.05) is 6.07 Å². The molecule has 1 aromatic carbocycles. The highest BCUT2D eigenvalue weighted by molar-refractivity contribution is 7.89. The standard InChI is InChI=1S/C11H18N2O3S/c12-10-5-4-6-11(9-10)17(15,16)13-7-2-1-3-8-14/h4-6,9,13-14H,1-3,7-8,12H2. The highest BCUT2D eigenvalue weighted by Crippen LogP contribution is 2.12. The van der Waals surface area contributed by atoms with Crippen molar-refractivity contribution in [3.05, 3.63) is 24.3 Å². The summed E-state index contributed by atoms with van der Waals surface area (Å²) in [7, 11) is -3.46. The largest absolute Gasteiger partial charge is 0.399 e. The summed E-state index contributed by atoms with van der Waals surface area (Å²) in [6.07, 6.45) is 2.21. The van der Waals surface area contributed by atoms with Gasteiger partial charge in [0.05, 0.1) is 4.90 Å². The molecule has 0 unspecified atom stereocenters. The second kappa shape index (κ2) is 6.58. The van der Waals surface area contributed by atoms with Crippen LogP contribution in [0.1, 0.15) is 19.3 Å². The van der Waals surface area contributed by atoms with Gasteiger partial charge in [0.15, 0.2) is 0 Å². The number of nitrogen functional groups attached to an aromatic ring is 1. The van der Waals surface area contributed by atoms with Crippen molar-refractivity contribution in [1.29, 1.82) is 0 Å². The van der Waals surface area contributed by atoms with Crippen molar-refractivity contribution in [3.63, 3.8) is 0 Å². The first-order valence-corrected chi connectivity index (χ1v) is 7.00. The number of aliphatic hydroxyl groups excluding tert-OH is 1. The Morgan fingerprint density at radius 1 is 1.24 bits per heavy atom. The molecular formula is C11H18N2O3S. The molecule has 0 radical (unpaired) electrons. The van der Waals surface area contributed by atoms with Crippen molar-refractivity contribution in [1.82, 2.24) is 4.72 Å². The topological polar surface area (TPSA) is 92.4 Å². The molecule has 1 aromatic rings. The fourth-order valence-electron chi connectivity index (χ4n) is 1.39. The Labute approximate surface area is 102 Å².